The topological polar surface area (TPSA) is 62.2 Å². The average Bonchev–Trinajstić information content (AvgIpc) is 3.32. The predicted octanol–water partition coefficient (Wildman–Crippen LogP) is 3.63. The number of carbonyl (C=O) groups is 1. The van der Waals surface area contributed by atoms with E-state index in [9.17, 15) is 9.90 Å². The number of nitrogens with one attached hydrogen (secondary N) is 1. The van der Waals surface area contributed by atoms with Crippen LogP contribution in [0.5, 0.6) is 5.75 Å². The molecule has 0 spiro atoms. The quantitative estimate of drug-likeness (QED) is 0.905. The van der Waals surface area contributed by atoms with Crippen molar-refractivity contribution in [3.8, 4) is 5.75 Å². The lowest BCUT2D eigenvalue weighted by atomic mass is 10.1. The zero-order chi connectivity index (χ0) is 15.7. The number of hydrogen-bond donors (Lipinski definition) is 2. The Balaban J connectivity index is 1.82. The zero-order valence-corrected chi connectivity index (χ0v) is 13.0. The first-order chi connectivity index (χ1) is 10.5. The van der Waals surface area contributed by atoms with Crippen LogP contribution in [0.4, 0.5) is 0 Å². The van der Waals surface area contributed by atoms with Crippen LogP contribution >= 0.6 is 11.6 Å². The van der Waals surface area contributed by atoms with Crippen molar-refractivity contribution >= 4 is 17.5 Å². The van der Waals surface area contributed by atoms with E-state index < -0.39 is 0 Å². The maximum Gasteiger partial charge on any atom is 0.251 e. The van der Waals surface area contributed by atoms with Crippen molar-refractivity contribution in [1.82, 2.24) is 10.3 Å². The van der Waals surface area contributed by atoms with E-state index in [1.807, 2.05) is 19.1 Å². The lowest BCUT2D eigenvalue weighted by Gasteiger charge is -2.18. The van der Waals surface area contributed by atoms with E-state index in [1.165, 1.54) is 12.1 Å². The Labute approximate surface area is 134 Å². The van der Waals surface area contributed by atoms with Crippen LogP contribution in [0.1, 0.15) is 40.5 Å². The van der Waals surface area contributed by atoms with Gasteiger partial charge in [-0.1, -0.05) is 11.6 Å². The Morgan fingerprint density at radius 2 is 2.14 bits per heavy atom. The van der Waals surface area contributed by atoms with Crippen LogP contribution in [0, 0.1) is 12.8 Å². The van der Waals surface area contributed by atoms with Crippen LogP contribution in [-0.2, 0) is 0 Å². The summed E-state index contributed by atoms with van der Waals surface area (Å²) in [6.07, 6.45) is 3.96. The van der Waals surface area contributed by atoms with Gasteiger partial charge in [0.1, 0.15) is 5.75 Å². The predicted molar refractivity (Wildman–Crippen MR) is 85.0 cm³/mol. The molecule has 1 fully saturated rings. The van der Waals surface area contributed by atoms with Crippen LogP contribution in [-0.4, -0.2) is 16.0 Å². The van der Waals surface area contributed by atoms with E-state index >= 15 is 0 Å². The summed E-state index contributed by atoms with van der Waals surface area (Å²) in [4.78, 5) is 16.8. The molecule has 114 valence electrons. The largest absolute Gasteiger partial charge is 0.506 e. The van der Waals surface area contributed by atoms with Gasteiger partial charge < -0.3 is 10.4 Å². The summed E-state index contributed by atoms with van der Waals surface area (Å²) in [7, 11) is 0. The van der Waals surface area contributed by atoms with E-state index in [-0.39, 0.29) is 22.7 Å². The average molecular weight is 317 g/mol. The highest BCUT2D eigenvalue weighted by molar-refractivity contribution is 6.32. The van der Waals surface area contributed by atoms with Crippen molar-refractivity contribution in [3.05, 3.63) is 58.4 Å². The van der Waals surface area contributed by atoms with Gasteiger partial charge in [-0.3, -0.25) is 9.78 Å². The number of phenols is 1. The molecule has 0 bridgehead atoms. The summed E-state index contributed by atoms with van der Waals surface area (Å²) < 4.78 is 0. The Kier molecular flexibility index (Phi) is 4.03. The highest BCUT2D eigenvalue weighted by atomic mass is 35.5. The fourth-order valence-electron chi connectivity index (χ4n) is 2.47. The second kappa shape index (κ2) is 5.97. The Morgan fingerprint density at radius 1 is 1.36 bits per heavy atom. The molecule has 4 nitrogen and oxygen atoms in total. The molecule has 0 aliphatic heterocycles. The van der Waals surface area contributed by atoms with Crippen LogP contribution in [0.3, 0.4) is 0 Å². The van der Waals surface area contributed by atoms with E-state index in [2.05, 4.69) is 10.3 Å². The van der Waals surface area contributed by atoms with Gasteiger partial charge in [-0.2, -0.15) is 0 Å². The molecule has 1 atom stereocenters. The maximum absolute atomic E-state index is 12.4. The molecule has 22 heavy (non-hydrogen) atoms. The molecule has 1 aliphatic rings. The van der Waals surface area contributed by atoms with Crippen LogP contribution < -0.4 is 5.32 Å². The molecule has 5 heteroatoms. The number of rotatable bonds is 4. The molecule has 1 heterocycles. The maximum atomic E-state index is 12.4. The van der Waals surface area contributed by atoms with E-state index in [0.717, 1.165) is 24.1 Å². The molecular weight excluding hydrogens is 300 g/mol. The van der Waals surface area contributed by atoms with Crippen molar-refractivity contribution in [1.29, 1.82) is 0 Å². The number of hydrogen-bond acceptors (Lipinski definition) is 3. The molecule has 1 saturated carbocycles. The SMILES string of the molecule is Cc1ccnc([C@@H](NC(=O)c2ccc(O)c(Cl)c2)C2CC2)c1. The third-order valence-electron chi connectivity index (χ3n) is 3.85. The van der Waals surface area contributed by atoms with Gasteiger partial charge in [0.15, 0.2) is 0 Å². The molecule has 0 saturated heterocycles. The molecule has 2 N–H and O–H groups in total. The number of carbonyl (C=O) groups excluding carboxylic acids is 1. The van der Waals surface area contributed by atoms with Crippen molar-refractivity contribution in [2.75, 3.05) is 0 Å². The van der Waals surface area contributed by atoms with Crippen molar-refractivity contribution in [2.45, 2.75) is 25.8 Å². The third kappa shape index (κ3) is 3.22. The fraction of sp³-hybridized carbons (Fsp3) is 0.294. The van der Waals surface area contributed by atoms with Gasteiger partial charge in [0.05, 0.1) is 16.8 Å². The number of pyridine rings is 1. The first-order valence-corrected chi connectivity index (χ1v) is 7.64. The molecule has 3 rings (SSSR count). The van der Waals surface area contributed by atoms with Gasteiger partial charge in [0, 0.05) is 11.8 Å². The van der Waals surface area contributed by atoms with Gasteiger partial charge >= 0.3 is 0 Å². The summed E-state index contributed by atoms with van der Waals surface area (Å²) >= 11 is 5.86. The minimum absolute atomic E-state index is 0.0303. The second-order valence-electron chi connectivity index (χ2n) is 5.71. The van der Waals surface area contributed by atoms with E-state index in [0.29, 0.717) is 11.5 Å². The Hall–Kier alpha value is -2.07. The molecule has 1 amide bonds. The number of aryl methyl sites for hydroxylation is 1. The summed E-state index contributed by atoms with van der Waals surface area (Å²) in [5.41, 5.74) is 2.44. The van der Waals surface area contributed by atoms with Gasteiger partial charge in [-0.05, 0) is 61.6 Å². The smallest absolute Gasteiger partial charge is 0.251 e. The summed E-state index contributed by atoms with van der Waals surface area (Å²) in [6, 6.07) is 8.32. The number of aromatic nitrogens is 1. The normalized spacial score (nSPS) is 15.4. The number of amides is 1. The minimum atomic E-state index is -0.206. The first kappa shape index (κ1) is 14.9. The lowest BCUT2D eigenvalue weighted by molar-refractivity contribution is 0.0930. The molecule has 0 radical (unpaired) electrons. The van der Waals surface area contributed by atoms with Crippen LogP contribution in [0.25, 0.3) is 0 Å². The molecular formula is C17H17ClN2O2. The molecule has 1 aromatic carbocycles. The van der Waals surface area contributed by atoms with Gasteiger partial charge in [-0.15, -0.1) is 0 Å². The summed E-state index contributed by atoms with van der Waals surface area (Å²) in [5, 5.41) is 12.7. The van der Waals surface area contributed by atoms with E-state index in [1.54, 1.807) is 12.3 Å². The number of phenolic OH excluding ortho intramolecular Hbond substituents is 1. The summed E-state index contributed by atoms with van der Waals surface area (Å²) in [6.45, 7) is 2.01. The number of nitrogens with zero attached hydrogens (tertiary/aromatic N) is 1. The minimum Gasteiger partial charge on any atom is -0.506 e. The summed E-state index contributed by atoms with van der Waals surface area (Å²) in [5.74, 6) is 0.199. The van der Waals surface area contributed by atoms with E-state index in [4.69, 9.17) is 11.6 Å². The Morgan fingerprint density at radius 3 is 2.77 bits per heavy atom. The fourth-order valence-corrected chi connectivity index (χ4v) is 2.65. The number of aromatic hydroxyl groups is 1. The second-order valence-corrected chi connectivity index (χ2v) is 6.12. The van der Waals surface area contributed by atoms with Crippen molar-refractivity contribution in [2.24, 2.45) is 5.92 Å². The molecule has 1 aromatic heterocycles. The third-order valence-corrected chi connectivity index (χ3v) is 4.15. The number of halogens is 1. The highest BCUT2D eigenvalue weighted by Crippen LogP contribution is 2.40. The lowest BCUT2D eigenvalue weighted by Crippen LogP contribution is -2.30. The highest BCUT2D eigenvalue weighted by Gasteiger charge is 2.34. The Bertz CT molecular complexity index is 714. The van der Waals surface area contributed by atoms with Crippen molar-refractivity contribution in [3.63, 3.8) is 0 Å². The molecule has 2 aromatic rings. The van der Waals surface area contributed by atoms with Gasteiger partial charge in [0.2, 0.25) is 0 Å². The van der Waals surface area contributed by atoms with Gasteiger partial charge in [-0.25, -0.2) is 0 Å². The molecule has 1 aliphatic carbocycles. The first-order valence-electron chi connectivity index (χ1n) is 7.26. The van der Waals surface area contributed by atoms with Crippen LogP contribution in [0.15, 0.2) is 36.5 Å². The van der Waals surface area contributed by atoms with Crippen molar-refractivity contribution < 1.29 is 9.90 Å². The number of benzene rings is 1. The van der Waals surface area contributed by atoms with Crippen LogP contribution in [0.2, 0.25) is 5.02 Å². The monoisotopic (exact) mass is 316 g/mol. The standard InChI is InChI=1S/C17H17ClN2O2/c1-10-6-7-19-14(8-10)16(11-2-3-11)20-17(22)12-4-5-15(21)13(18)9-12/h4-9,11,16,21H,2-3H2,1H3,(H,20,22)/t16-/m0/s1. The molecule has 0 unspecified atom stereocenters. The van der Waals surface area contributed by atoms with Gasteiger partial charge in [0.25, 0.3) is 5.91 Å². The zero-order valence-electron chi connectivity index (χ0n) is 12.2.